The lowest BCUT2D eigenvalue weighted by Crippen LogP contribution is -2.23. The second-order valence-electron chi connectivity index (χ2n) is 15.9. The van der Waals surface area contributed by atoms with E-state index in [2.05, 4.69) is 160 Å². The van der Waals surface area contributed by atoms with Gasteiger partial charge >= 0.3 is 0 Å². The molecule has 0 bridgehead atoms. The Bertz CT molecular complexity index is 2410. The minimum atomic E-state index is 0.0349. The largest absolute Gasteiger partial charge is 0.439 e. The molecule has 4 aromatic carbocycles. The van der Waals surface area contributed by atoms with Crippen molar-refractivity contribution in [2.75, 3.05) is 23.5 Å². The van der Waals surface area contributed by atoms with Crippen LogP contribution >= 0.6 is 0 Å². The van der Waals surface area contributed by atoms with Gasteiger partial charge in [-0.15, -0.1) is 0 Å². The number of hydrogen-bond donors (Lipinski definition) is 0. The van der Waals surface area contributed by atoms with Crippen molar-refractivity contribution in [2.24, 2.45) is 0 Å². The van der Waals surface area contributed by atoms with E-state index in [1.165, 1.54) is 39.0 Å². The van der Waals surface area contributed by atoms with E-state index in [1.54, 1.807) is 0 Å². The van der Waals surface area contributed by atoms with Crippen molar-refractivity contribution >= 4 is 38.9 Å². The van der Waals surface area contributed by atoms with Crippen molar-refractivity contribution in [3.05, 3.63) is 132 Å². The zero-order valence-corrected chi connectivity index (χ0v) is 30.8. The highest BCUT2D eigenvalue weighted by Gasteiger charge is 2.25. The highest BCUT2D eigenvalue weighted by Crippen LogP contribution is 2.41. The number of para-hydroxylation sites is 3. The number of ether oxygens (including phenoxy) is 1. The predicted molar refractivity (Wildman–Crippen MR) is 212 cm³/mol. The lowest BCUT2D eigenvalue weighted by molar-refractivity contribution is 0.463. The molecule has 0 amide bonds. The molecule has 51 heavy (non-hydrogen) atoms. The first-order valence-corrected chi connectivity index (χ1v) is 17.7. The van der Waals surface area contributed by atoms with E-state index in [0.29, 0.717) is 5.88 Å². The van der Waals surface area contributed by atoms with Gasteiger partial charge in [-0.25, -0.2) is 9.97 Å². The highest BCUT2D eigenvalue weighted by molar-refractivity contribution is 6.09. The van der Waals surface area contributed by atoms with Crippen LogP contribution in [0.5, 0.6) is 11.6 Å². The van der Waals surface area contributed by atoms with Crippen molar-refractivity contribution in [1.29, 1.82) is 0 Å². The maximum Gasteiger partial charge on any atom is 0.221 e. The quantitative estimate of drug-likeness (QED) is 0.182. The molecular formula is C45H45N5O. The molecule has 0 unspecified atom stereocenters. The third kappa shape index (κ3) is 5.89. The lowest BCUT2D eigenvalue weighted by Gasteiger charge is -2.26. The number of pyridine rings is 2. The van der Waals surface area contributed by atoms with Gasteiger partial charge in [0.1, 0.15) is 11.6 Å². The predicted octanol–water partition coefficient (Wildman–Crippen LogP) is 11.5. The Hall–Kier alpha value is -5.62. The summed E-state index contributed by atoms with van der Waals surface area (Å²) < 4.78 is 8.73. The molecule has 0 spiro atoms. The summed E-state index contributed by atoms with van der Waals surface area (Å²) >= 11 is 0. The van der Waals surface area contributed by atoms with E-state index in [0.717, 1.165) is 45.9 Å². The number of hydrogen-bond acceptors (Lipinski definition) is 5. The van der Waals surface area contributed by atoms with Crippen molar-refractivity contribution in [1.82, 2.24) is 14.5 Å². The lowest BCUT2D eigenvalue weighted by atomic mass is 9.79. The molecule has 256 valence electrons. The van der Waals surface area contributed by atoms with Gasteiger partial charge in [0, 0.05) is 53.6 Å². The fourth-order valence-electron chi connectivity index (χ4n) is 7.22. The molecule has 6 heteroatoms. The standard InChI is InChI=1S/C45H45N5O/c1-29-21-42(47-27-37(29)30-22-31(44(2,3)4)24-32(23-30)45(5,6)7)50-38-14-10-9-13-35(38)36-18-17-34(26-41(36)50)51-43-25-33(19-20-46-43)49-28-48(8)39-15-11-12-16-40(39)49/h9-27H,28H2,1-8H3. The van der Waals surface area contributed by atoms with Crippen LogP contribution in [0.3, 0.4) is 0 Å². The van der Waals surface area contributed by atoms with Gasteiger partial charge in [-0.05, 0) is 82.5 Å². The summed E-state index contributed by atoms with van der Waals surface area (Å²) in [6.07, 6.45) is 3.86. The summed E-state index contributed by atoms with van der Waals surface area (Å²) in [5.74, 6) is 2.14. The van der Waals surface area contributed by atoms with Gasteiger partial charge in [0.25, 0.3) is 0 Å². The summed E-state index contributed by atoms with van der Waals surface area (Å²) in [6.45, 7) is 16.7. The van der Waals surface area contributed by atoms with Crippen molar-refractivity contribution in [2.45, 2.75) is 59.3 Å². The normalized spacial score (nSPS) is 13.3. The first-order chi connectivity index (χ1) is 24.3. The number of aromatic nitrogens is 3. The van der Waals surface area contributed by atoms with Gasteiger partial charge in [0.15, 0.2) is 0 Å². The molecule has 3 aromatic heterocycles. The fourth-order valence-corrected chi connectivity index (χ4v) is 7.22. The molecule has 0 saturated carbocycles. The third-order valence-corrected chi connectivity index (χ3v) is 10.1. The second-order valence-corrected chi connectivity index (χ2v) is 15.9. The van der Waals surface area contributed by atoms with E-state index in [1.807, 2.05) is 30.6 Å². The van der Waals surface area contributed by atoms with Gasteiger partial charge in [-0.3, -0.25) is 4.57 Å². The first kappa shape index (κ1) is 32.6. The summed E-state index contributed by atoms with van der Waals surface area (Å²) in [6, 6.07) is 36.6. The summed E-state index contributed by atoms with van der Waals surface area (Å²) in [4.78, 5) is 14.3. The topological polar surface area (TPSA) is 46.4 Å². The summed E-state index contributed by atoms with van der Waals surface area (Å²) in [5, 5.41) is 2.32. The summed E-state index contributed by atoms with van der Waals surface area (Å²) in [5.41, 5.74) is 11.8. The van der Waals surface area contributed by atoms with E-state index in [-0.39, 0.29) is 10.8 Å². The Morgan fingerprint density at radius 1 is 0.667 bits per heavy atom. The van der Waals surface area contributed by atoms with E-state index >= 15 is 0 Å². The van der Waals surface area contributed by atoms with Crippen molar-refractivity contribution in [3.8, 4) is 28.6 Å². The first-order valence-electron chi connectivity index (χ1n) is 17.7. The van der Waals surface area contributed by atoms with Crippen LogP contribution in [0.25, 0.3) is 38.8 Å². The van der Waals surface area contributed by atoms with Gasteiger partial charge in [-0.1, -0.05) is 90.1 Å². The number of nitrogens with zero attached hydrogens (tertiary/aromatic N) is 5. The Labute approximate surface area is 301 Å². The maximum absolute atomic E-state index is 6.48. The molecule has 0 atom stereocenters. The minimum absolute atomic E-state index is 0.0349. The van der Waals surface area contributed by atoms with E-state index in [9.17, 15) is 0 Å². The number of anilines is 3. The van der Waals surface area contributed by atoms with E-state index < -0.39 is 0 Å². The molecule has 4 heterocycles. The van der Waals surface area contributed by atoms with Crippen molar-refractivity contribution < 1.29 is 4.74 Å². The smallest absolute Gasteiger partial charge is 0.221 e. The molecule has 6 nitrogen and oxygen atoms in total. The molecule has 1 aliphatic heterocycles. The molecule has 0 N–H and O–H groups in total. The average molecular weight is 672 g/mol. The van der Waals surface area contributed by atoms with Gasteiger partial charge in [0.05, 0.1) is 29.1 Å². The maximum atomic E-state index is 6.48. The third-order valence-electron chi connectivity index (χ3n) is 10.1. The molecule has 0 saturated heterocycles. The summed E-state index contributed by atoms with van der Waals surface area (Å²) in [7, 11) is 2.11. The van der Waals surface area contributed by atoms with Crippen LogP contribution in [0, 0.1) is 6.92 Å². The Morgan fingerprint density at radius 3 is 2.08 bits per heavy atom. The average Bonchev–Trinajstić information content (AvgIpc) is 3.61. The molecule has 1 aliphatic rings. The zero-order valence-electron chi connectivity index (χ0n) is 30.8. The number of rotatable bonds is 5. The van der Waals surface area contributed by atoms with Crippen LogP contribution < -0.4 is 14.5 Å². The van der Waals surface area contributed by atoms with Crippen LogP contribution in [0.1, 0.15) is 58.2 Å². The zero-order chi connectivity index (χ0) is 35.7. The van der Waals surface area contributed by atoms with Gasteiger partial charge in [0.2, 0.25) is 5.88 Å². The Balaban J connectivity index is 1.18. The minimum Gasteiger partial charge on any atom is -0.439 e. The Morgan fingerprint density at radius 2 is 1.35 bits per heavy atom. The van der Waals surface area contributed by atoms with Gasteiger partial charge < -0.3 is 14.5 Å². The highest BCUT2D eigenvalue weighted by atomic mass is 16.5. The number of aryl methyl sites for hydroxylation is 1. The SMILES string of the molecule is Cc1cc(-n2c3ccccc3c3ccc(Oc4cc(N5CN(C)c6ccccc65)ccn4)cc32)ncc1-c1cc(C(C)(C)C)cc(C(C)(C)C)c1. The fraction of sp³-hybridized carbons (Fsp3) is 0.244. The van der Waals surface area contributed by atoms with Crippen LogP contribution in [0.4, 0.5) is 17.1 Å². The molecule has 8 rings (SSSR count). The molecule has 7 aromatic rings. The van der Waals surface area contributed by atoms with Crippen molar-refractivity contribution in [3.63, 3.8) is 0 Å². The van der Waals surface area contributed by atoms with E-state index in [4.69, 9.17) is 9.72 Å². The molecular weight excluding hydrogens is 627 g/mol. The number of fused-ring (bicyclic) bond motifs is 4. The van der Waals surface area contributed by atoms with Gasteiger partial charge in [-0.2, -0.15) is 0 Å². The van der Waals surface area contributed by atoms with Crippen LogP contribution in [0.15, 0.2) is 116 Å². The second kappa shape index (κ2) is 12.0. The number of benzene rings is 4. The molecule has 0 radical (unpaired) electrons. The molecule has 0 aliphatic carbocycles. The Kier molecular flexibility index (Phi) is 7.67. The molecule has 0 fully saturated rings. The van der Waals surface area contributed by atoms with Crippen LogP contribution in [-0.4, -0.2) is 28.3 Å². The monoisotopic (exact) mass is 671 g/mol. The van der Waals surface area contributed by atoms with Crippen LogP contribution in [0.2, 0.25) is 0 Å². The van der Waals surface area contributed by atoms with Crippen LogP contribution in [-0.2, 0) is 10.8 Å².